The fourth-order valence-electron chi connectivity index (χ4n) is 3.70. The average Bonchev–Trinajstić information content (AvgIpc) is 3.32. The Hall–Kier alpha value is -2.80. The van der Waals surface area contributed by atoms with Gasteiger partial charge in [-0.15, -0.1) is 0 Å². The number of aryl methyl sites for hydroxylation is 1. The number of likely N-dealkylation sites (tertiary alicyclic amines) is 1. The predicted molar refractivity (Wildman–Crippen MR) is 109 cm³/mol. The summed E-state index contributed by atoms with van der Waals surface area (Å²) in [5.74, 6) is 1.77. The van der Waals surface area contributed by atoms with Crippen molar-refractivity contribution in [2.45, 2.75) is 25.8 Å². The molecule has 0 spiro atoms. The van der Waals surface area contributed by atoms with Gasteiger partial charge in [0, 0.05) is 37.4 Å². The molecule has 3 aromatic rings. The van der Waals surface area contributed by atoms with Crippen LogP contribution >= 0.6 is 11.6 Å². The van der Waals surface area contributed by atoms with E-state index in [0.717, 1.165) is 30.0 Å². The van der Waals surface area contributed by atoms with Crippen molar-refractivity contribution in [2.75, 3.05) is 25.5 Å². The molecule has 2 aromatic heterocycles. The van der Waals surface area contributed by atoms with Crippen molar-refractivity contribution in [1.29, 1.82) is 0 Å². The largest absolute Gasteiger partial charge is 0.495 e. The van der Waals surface area contributed by atoms with E-state index >= 15 is 0 Å². The van der Waals surface area contributed by atoms with Gasteiger partial charge in [0.15, 0.2) is 5.65 Å². The van der Waals surface area contributed by atoms with Crippen LogP contribution in [0.1, 0.15) is 25.1 Å². The molecular weight excluding hydrogens is 378 g/mol. The quantitative estimate of drug-likeness (QED) is 0.715. The van der Waals surface area contributed by atoms with E-state index in [1.165, 1.54) is 0 Å². The number of nitrogens with zero attached hydrogens (tertiary/aromatic N) is 4. The number of halogens is 1. The van der Waals surface area contributed by atoms with Crippen molar-refractivity contribution in [3.63, 3.8) is 0 Å². The molecule has 146 valence electrons. The summed E-state index contributed by atoms with van der Waals surface area (Å²) in [6.45, 7) is 4.20. The van der Waals surface area contributed by atoms with Crippen molar-refractivity contribution in [2.24, 2.45) is 0 Å². The lowest BCUT2D eigenvalue weighted by Gasteiger charge is -2.18. The second-order valence-electron chi connectivity index (χ2n) is 6.77. The highest BCUT2D eigenvalue weighted by Gasteiger charge is 2.31. The first-order chi connectivity index (χ1) is 13.6. The minimum Gasteiger partial charge on any atom is -0.495 e. The van der Waals surface area contributed by atoms with Gasteiger partial charge in [-0.25, -0.2) is 14.8 Å². The Balaban J connectivity index is 1.48. The number of methoxy groups -OCH3 is 1. The topological polar surface area (TPSA) is 72.3 Å². The van der Waals surface area contributed by atoms with Gasteiger partial charge >= 0.3 is 6.03 Å². The summed E-state index contributed by atoms with van der Waals surface area (Å²) in [6.07, 6.45) is 2.66. The number of aromatic nitrogens is 3. The van der Waals surface area contributed by atoms with Crippen LogP contribution in [-0.2, 0) is 6.54 Å². The Kier molecular flexibility index (Phi) is 5.09. The lowest BCUT2D eigenvalue weighted by molar-refractivity contribution is 0.222. The van der Waals surface area contributed by atoms with Crippen LogP contribution in [0.5, 0.6) is 5.75 Å². The van der Waals surface area contributed by atoms with Crippen LogP contribution in [0.3, 0.4) is 0 Å². The van der Waals surface area contributed by atoms with Crippen LogP contribution in [0, 0.1) is 0 Å². The monoisotopic (exact) mass is 399 g/mol. The number of ether oxygens (including phenoxy) is 1. The molecule has 0 unspecified atom stereocenters. The van der Waals surface area contributed by atoms with Crippen molar-refractivity contribution < 1.29 is 9.53 Å². The van der Waals surface area contributed by atoms with Crippen LogP contribution < -0.4 is 10.1 Å². The van der Waals surface area contributed by atoms with E-state index in [0.29, 0.717) is 29.5 Å². The van der Waals surface area contributed by atoms with Crippen molar-refractivity contribution in [1.82, 2.24) is 19.4 Å². The molecule has 0 saturated carbocycles. The summed E-state index contributed by atoms with van der Waals surface area (Å²) >= 11 is 6.14. The molecule has 1 aliphatic rings. The van der Waals surface area contributed by atoms with Crippen molar-refractivity contribution >= 4 is 34.5 Å². The highest BCUT2D eigenvalue weighted by Crippen LogP contribution is 2.30. The van der Waals surface area contributed by atoms with Gasteiger partial charge in [0.25, 0.3) is 0 Å². The molecule has 1 atom stereocenters. The maximum Gasteiger partial charge on any atom is 0.321 e. The molecule has 8 heteroatoms. The molecule has 0 bridgehead atoms. The standard InChI is InChI=1S/C20H22ClN5O2/c1-3-26-18(24-16-5-4-9-22-19(16)26)13-8-10-25(12-13)20(27)23-14-6-7-17(28-2)15(21)11-14/h4-7,9,11,13H,3,8,10,12H2,1-2H3,(H,23,27)/t13-/m0/s1. The number of benzene rings is 1. The van der Waals surface area contributed by atoms with E-state index in [-0.39, 0.29) is 11.9 Å². The number of pyridine rings is 1. The summed E-state index contributed by atoms with van der Waals surface area (Å²) in [5, 5.41) is 3.37. The molecule has 1 N–H and O–H groups in total. The summed E-state index contributed by atoms with van der Waals surface area (Å²) < 4.78 is 7.29. The number of carbonyl (C=O) groups excluding carboxylic acids is 1. The average molecular weight is 400 g/mol. The van der Waals surface area contributed by atoms with E-state index in [2.05, 4.69) is 21.8 Å². The third-order valence-electron chi connectivity index (χ3n) is 5.09. The number of hydrogen-bond donors (Lipinski definition) is 1. The smallest absolute Gasteiger partial charge is 0.321 e. The molecule has 1 fully saturated rings. The van der Waals surface area contributed by atoms with E-state index in [9.17, 15) is 4.79 Å². The van der Waals surface area contributed by atoms with Crippen LogP contribution in [0.25, 0.3) is 11.2 Å². The number of amides is 2. The van der Waals surface area contributed by atoms with E-state index in [4.69, 9.17) is 21.3 Å². The Labute approximate surface area is 168 Å². The molecule has 2 amide bonds. The predicted octanol–water partition coefficient (Wildman–Crippen LogP) is 4.13. The van der Waals surface area contributed by atoms with Gasteiger partial charge in [0.2, 0.25) is 0 Å². The molecule has 0 aliphatic carbocycles. The second kappa shape index (κ2) is 7.67. The lowest BCUT2D eigenvalue weighted by Crippen LogP contribution is -2.33. The molecular formula is C20H22ClN5O2. The summed E-state index contributed by atoms with van der Waals surface area (Å²) in [4.78, 5) is 23.7. The molecule has 7 nitrogen and oxygen atoms in total. The molecule has 1 saturated heterocycles. The Morgan fingerprint density at radius 2 is 2.25 bits per heavy atom. The number of carbonyl (C=O) groups is 1. The van der Waals surface area contributed by atoms with Crippen LogP contribution in [0.2, 0.25) is 5.02 Å². The summed E-state index contributed by atoms with van der Waals surface area (Å²) in [6, 6.07) is 8.94. The second-order valence-corrected chi connectivity index (χ2v) is 7.18. The van der Waals surface area contributed by atoms with Crippen LogP contribution in [0.4, 0.5) is 10.5 Å². The zero-order valence-electron chi connectivity index (χ0n) is 15.9. The van der Waals surface area contributed by atoms with E-state index in [1.54, 1.807) is 31.5 Å². The third kappa shape index (κ3) is 3.38. The van der Waals surface area contributed by atoms with Gasteiger partial charge < -0.3 is 19.5 Å². The highest BCUT2D eigenvalue weighted by atomic mass is 35.5. The normalized spacial score (nSPS) is 16.5. The number of anilines is 1. The maximum absolute atomic E-state index is 12.7. The summed E-state index contributed by atoms with van der Waals surface area (Å²) in [7, 11) is 1.56. The maximum atomic E-state index is 12.7. The summed E-state index contributed by atoms with van der Waals surface area (Å²) in [5.41, 5.74) is 2.44. The van der Waals surface area contributed by atoms with Crippen LogP contribution in [0.15, 0.2) is 36.5 Å². The number of fused-ring (bicyclic) bond motifs is 1. The zero-order chi connectivity index (χ0) is 19.7. The van der Waals surface area contributed by atoms with Crippen LogP contribution in [-0.4, -0.2) is 45.7 Å². The Morgan fingerprint density at radius 1 is 1.39 bits per heavy atom. The number of imidazole rings is 1. The molecule has 4 rings (SSSR count). The fourth-order valence-corrected chi connectivity index (χ4v) is 3.96. The number of hydrogen-bond acceptors (Lipinski definition) is 4. The molecule has 3 heterocycles. The Morgan fingerprint density at radius 3 is 3.00 bits per heavy atom. The molecule has 1 aromatic carbocycles. The number of urea groups is 1. The van der Waals surface area contributed by atoms with Gasteiger partial charge in [-0.1, -0.05) is 11.6 Å². The van der Waals surface area contributed by atoms with Gasteiger partial charge in [-0.2, -0.15) is 0 Å². The van der Waals surface area contributed by atoms with Gasteiger partial charge in [-0.3, -0.25) is 0 Å². The minimum absolute atomic E-state index is 0.138. The number of nitrogens with one attached hydrogen (secondary N) is 1. The molecule has 0 radical (unpaired) electrons. The SMILES string of the molecule is CCn1c([C@H]2CCN(C(=O)Nc3ccc(OC)c(Cl)c3)C2)nc2cccnc21. The zero-order valence-corrected chi connectivity index (χ0v) is 16.6. The van der Waals surface area contributed by atoms with E-state index in [1.807, 2.05) is 17.0 Å². The highest BCUT2D eigenvalue weighted by molar-refractivity contribution is 6.32. The van der Waals surface area contributed by atoms with Gasteiger partial charge in [0.1, 0.15) is 17.1 Å². The van der Waals surface area contributed by atoms with Gasteiger partial charge in [0.05, 0.1) is 12.1 Å². The fraction of sp³-hybridized carbons (Fsp3) is 0.350. The van der Waals surface area contributed by atoms with Crippen molar-refractivity contribution in [3.05, 3.63) is 47.4 Å². The Bertz CT molecular complexity index is 1020. The first-order valence-corrected chi connectivity index (χ1v) is 9.69. The van der Waals surface area contributed by atoms with Gasteiger partial charge in [-0.05, 0) is 43.7 Å². The minimum atomic E-state index is -0.138. The lowest BCUT2D eigenvalue weighted by atomic mass is 10.1. The third-order valence-corrected chi connectivity index (χ3v) is 5.39. The van der Waals surface area contributed by atoms with Crippen molar-refractivity contribution in [3.8, 4) is 5.75 Å². The number of rotatable bonds is 4. The first-order valence-electron chi connectivity index (χ1n) is 9.31. The van der Waals surface area contributed by atoms with E-state index < -0.39 is 0 Å². The molecule has 1 aliphatic heterocycles. The first kappa shape index (κ1) is 18.6. The molecule has 28 heavy (non-hydrogen) atoms.